The molecule has 1 N–H and O–H groups in total. The fourth-order valence-electron chi connectivity index (χ4n) is 4.12. The zero-order chi connectivity index (χ0) is 24.7. The molecule has 7 nitrogen and oxygen atoms in total. The molecule has 1 amide bonds. The Bertz CT molecular complexity index is 1520. The zero-order valence-electron chi connectivity index (χ0n) is 19.6. The van der Waals surface area contributed by atoms with Gasteiger partial charge in [0.2, 0.25) is 5.88 Å². The van der Waals surface area contributed by atoms with Crippen LogP contribution in [0.1, 0.15) is 6.42 Å². The van der Waals surface area contributed by atoms with Gasteiger partial charge in [-0.2, -0.15) is 0 Å². The van der Waals surface area contributed by atoms with Crippen LogP contribution < -0.4 is 9.47 Å². The molecule has 5 rings (SSSR count). The van der Waals surface area contributed by atoms with Gasteiger partial charge in [-0.3, -0.25) is 4.79 Å². The maximum atomic E-state index is 12.4. The van der Waals surface area contributed by atoms with Crippen LogP contribution in [0.4, 0.5) is 5.69 Å². The summed E-state index contributed by atoms with van der Waals surface area (Å²) in [6.45, 7) is 0.761. The SMILES string of the molecule is O=C(COc1cccc2ccccc12)N=Nc1c(O)n(CCCOc2ccccc2)c2ccccc12. The molecule has 0 aliphatic heterocycles. The van der Waals surface area contributed by atoms with E-state index < -0.39 is 5.91 Å². The number of aryl methyl sites for hydroxylation is 1. The molecule has 0 bridgehead atoms. The van der Waals surface area contributed by atoms with Gasteiger partial charge in [0, 0.05) is 17.3 Å². The smallest absolute Gasteiger partial charge is 0.302 e. The molecule has 0 unspecified atom stereocenters. The van der Waals surface area contributed by atoms with Gasteiger partial charge in [-0.1, -0.05) is 72.8 Å². The number of nitrogens with zero attached hydrogens (tertiary/aromatic N) is 3. The number of carbonyl (C=O) groups is 1. The van der Waals surface area contributed by atoms with E-state index in [2.05, 4.69) is 10.2 Å². The highest BCUT2D eigenvalue weighted by Crippen LogP contribution is 2.39. The van der Waals surface area contributed by atoms with Crippen LogP contribution in [0.15, 0.2) is 107 Å². The third kappa shape index (κ3) is 5.05. The molecular weight excluding hydrogens is 454 g/mol. The van der Waals surface area contributed by atoms with Crippen molar-refractivity contribution in [2.75, 3.05) is 13.2 Å². The van der Waals surface area contributed by atoms with Crippen molar-refractivity contribution in [2.45, 2.75) is 13.0 Å². The van der Waals surface area contributed by atoms with E-state index in [9.17, 15) is 9.90 Å². The predicted molar refractivity (Wildman–Crippen MR) is 139 cm³/mol. The Kier molecular flexibility index (Phi) is 6.89. The van der Waals surface area contributed by atoms with Gasteiger partial charge in [-0.15, -0.1) is 10.2 Å². The predicted octanol–water partition coefficient (Wildman–Crippen LogP) is 6.66. The van der Waals surface area contributed by atoms with Crippen LogP contribution in [0.3, 0.4) is 0 Å². The average Bonchev–Trinajstić information content (AvgIpc) is 3.19. The van der Waals surface area contributed by atoms with Crippen LogP contribution in [-0.2, 0) is 11.3 Å². The fourth-order valence-corrected chi connectivity index (χ4v) is 4.12. The molecule has 1 aromatic heterocycles. The number of azo groups is 1. The first-order chi connectivity index (χ1) is 17.7. The first-order valence-electron chi connectivity index (χ1n) is 11.7. The lowest BCUT2D eigenvalue weighted by atomic mass is 10.1. The van der Waals surface area contributed by atoms with E-state index in [1.165, 1.54) is 0 Å². The number of rotatable bonds is 9. The third-order valence-electron chi connectivity index (χ3n) is 5.82. The van der Waals surface area contributed by atoms with Crippen molar-refractivity contribution in [3.63, 3.8) is 0 Å². The second-order valence-corrected chi connectivity index (χ2v) is 8.22. The molecule has 0 fully saturated rings. The van der Waals surface area contributed by atoms with Crippen molar-refractivity contribution in [2.24, 2.45) is 10.2 Å². The molecule has 180 valence electrons. The van der Waals surface area contributed by atoms with Gasteiger partial charge >= 0.3 is 5.91 Å². The van der Waals surface area contributed by atoms with Crippen molar-refractivity contribution in [3.05, 3.63) is 97.1 Å². The van der Waals surface area contributed by atoms with Crippen molar-refractivity contribution >= 4 is 33.3 Å². The molecule has 0 atom stereocenters. The van der Waals surface area contributed by atoms with Crippen molar-refractivity contribution in [3.8, 4) is 17.4 Å². The number of hydrogen-bond donors (Lipinski definition) is 1. The van der Waals surface area contributed by atoms with E-state index >= 15 is 0 Å². The Labute approximate surface area is 208 Å². The highest BCUT2D eigenvalue weighted by Gasteiger charge is 2.17. The van der Waals surface area contributed by atoms with Crippen LogP contribution in [0.25, 0.3) is 21.7 Å². The topological polar surface area (TPSA) is 85.4 Å². The summed E-state index contributed by atoms with van der Waals surface area (Å²) in [7, 11) is 0. The lowest BCUT2D eigenvalue weighted by Gasteiger charge is -2.08. The Morgan fingerprint density at radius 1 is 0.806 bits per heavy atom. The third-order valence-corrected chi connectivity index (χ3v) is 5.82. The van der Waals surface area contributed by atoms with Gasteiger partial charge in [0.05, 0.1) is 12.1 Å². The first kappa shape index (κ1) is 23.1. The molecule has 0 saturated carbocycles. The Hall–Kier alpha value is -4.65. The summed E-state index contributed by atoms with van der Waals surface area (Å²) in [5.74, 6) is 0.824. The first-order valence-corrected chi connectivity index (χ1v) is 11.7. The van der Waals surface area contributed by atoms with Crippen LogP contribution in [0.5, 0.6) is 17.4 Å². The van der Waals surface area contributed by atoms with E-state index in [1.807, 2.05) is 97.1 Å². The highest BCUT2D eigenvalue weighted by molar-refractivity contribution is 5.95. The van der Waals surface area contributed by atoms with Crippen LogP contribution in [0.2, 0.25) is 0 Å². The highest BCUT2D eigenvalue weighted by atomic mass is 16.5. The molecule has 0 radical (unpaired) electrons. The largest absolute Gasteiger partial charge is 0.494 e. The minimum Gasteiger partial charge on any atom is -0.494 e. The normalized spacial score (nSPS) is 11.3. The Morgan fingerprint density at radius 3 is 2.39 bits per heavy atom. The minimum atomic E-state index is -0.546. The van der Waals surface area contributed by atoms with Gasteiger partial charge in [-0.25, -0.2) is 0 Å². The summed E-state index contributed by atoms with van der Waals surface area (Å²) in [5.41, 5.74) is 1.07. The van der Waals surface area contributed by atoms with E-state index in [1.54, 1.807) is 4.57 Å². The molecular formula is C29H25N3O4. The number of aromatic hydroxyl groups is 1. The number of aromatic nitrogens is 1. The summed E-state index contributed by atoms with van der Waals surface area (Å²) in [6, 6.07) is 30.5. The maximum Gasteiger partial charge on any atom is 0.302 e. The van der Waals surface area contributed by atoms with Crippen molar-refractivity contribution < 1.29 is 19.4 Å². The quantitative estimate of drug-likeness (QED) is 0.189. The van der Waals surface area contributed by atoms with Gasteiger partial charge < -0.3 is 19.1 Å². The monoisotopic (exact) mass is 479 g/mol. The van der Waals surface area contributed by atoms with Crippen LogP contribution in [-0.4, -0.2) is 28.8 Å². The summed E-state index contributed by atoms with van der Waals surface area (Å²) >= 11 is 0. The van der Waals surface area contributed by atoms with Gasteiger partial charge in [0.25, 0.3) is 0 Å². The number of amides is 1. The maximum absolute atomic E-state index is 12.4. The molecule has 7 heteroatoms. The van der Waals surface area contributed by atoms with Gasteiger partial charge in [0.1, 0.15) is 11.5 Å². The molecule has 0 spiro atoms. The average molecular weight is 480 g/mol. The molecule has 1 heterocycles. The van der Waals surface area contributed by atoms with E-state index in [-0.39, 0.29) is 18.2 Å². The number of para-hydroxylation sites is 2. The van der Waals surface area contributed by atoms with Gasteiger partial charge in [-0.05, 0) is 36.1 Å². The molecule has 36 heavy (non-hydrogen) atoms. The fraction of sp³-hybridized carbons (Fsp3) is 0.138. The van der Waals surface area contributed by atoms with Gasteiger partial charge in [0.15, 0.2) is 12.3 Å². The van der Waals surface area contributed by atoms with E-state index in [0.717, 1.165) is 22.0 Å². The molecule has 0 aliphatic carbocycles. The summed E-state index contributed by atoms with van der Waals surface area (Å²) in [6.07, 6.45) is 0.676. The second-order valence-electron chi connectivity index (χ2n) is 8.22. The Balaban J connectivity index is 1.27. The number of ether oxygens (including phenoxy) is 2. The number of fused-ring (bicyclic) bond motifs is 2. The molecule has 4 aromatic carbocycles. The second kappa shape index (κ2) is 10.7. The minimum absolute atomic E-state index is 0.0394. The summed E-state index contributed by atoms with van der Waals surface area (Å²) in [5, 5.41) is 21.5. The summed E-state index contributed by atoms with van der Waals surface area (Å²) in [4.78, 5) is 12.4. The summed E-state index contributed by atoms with van der Waals surface area (Å²) < 4.78 is 13.2. The Morgan fingerprint density at radius 2 is 1.53 bits per heavy atom. The lowest BCUT2D eigenvalue weighted by molar-refractivity contribution is -0.120. The molecule has 0 aliphatic rings. The van der Waals surface area contributed by atoms with Crippen LogP contribution in [0, 0.1) is 0 Å². The van der Waals surface area contributed by atoms with Crippen LogP contribution >= 0.6 is 0 Å². The number of benzene rings is 4. The van der Waals surface area contributed by atoms with Crippen molar-refractivity contribution in [1.82, 2.24) is 4.57 Å². The standard InChI is InChI=1S/C29H25N3O4/c33-27(20-36-26-17-8-11-21-10-4-5-14-23(21)26)30-31-28-24-15-6-7-16-25(24)32(29(28)34)18-9-19-35-22-12-2-1-3-13-22/h1-8,10-17,34H,9,18-20H2. The zero-order valence-corrected chi connectivity index (χ0v) is 19.6. The molecule has 5 aromatic rings. The van der Waals surface area contributed by atoms with E-state index in [4.69, 9.17) is 9.47 Å². The van der Waals surface area contributed by atoms with Crippen molar-refractivity contribution in [1.29, 1.82) is 0 Å². The van der Waals surface area contributed by atoms with E-state index in [0.29, 0.717) is 30.7 Å². The molecule has 0 saturated heterocycles. The number of carbonyl (C=O) groups excluding carboxylic acids is 1. The number of hydrogen-bond acceptors (Lipinski definition) is 5. The lowest BCUT2D eigenvalue weighted by Crippen LogP contribution is -2.08.